The Morgan fingerprint density at radius 1 is 1.41 bits per heavy atom. The Hall–Kier alpha value is -1.75. The summed E-state index contributed by atoms with van der Waals surface area (Å²) in [7, 11) is 0. The van der Waals surface area contributed by atoms with Crippen molar-refractivity contribution in [3.63, 3.8) is 0 Å². The van der Waals surface area contributed by atoms with E-state index in [1.807, 2.05) is 56.0 Å². The van der Waals surface area contributed by atoms with Crippen molar-refractivity contribution < 1.29 is 4.79 Å². The number of amides is 1. The quantitative estimate of drug-likeness (QED) is 0.579. The van der Waals surface area contributed by atoms with Crippen molar-refractivity contribution in [1.82, 2.24) is 14.5 Å². The van der Waals surface area contributed by atoms with Gasteiger partial charge in [0.25, 0.3) is 0 Å². The van der Waals surface area contributed by atoms with E-state index in [2.05, 4.69) is 16.1 Å². The summed E-state index contributed by atoms with van der Waals surface area (Å²) in [6, 6.07) is 8.03. The zero-order chi connectivity index (χ0) is 16.1. The average molecular weight is 317 g/mol. The maximum Gasteiger partial charge on any atom is 0.235 e. The Kier molecular flexibility index (Phi) is 5.66. The number of hydrogen-bond acceptors (Lipinski definition) is 3. The van der Waals surface area contributed by atoms with Crippen LogP contribution in [-0.4, -0.2) is 38.7 Å². The molecule has 1 aromatic carbocycles. The van der Waals surface area contributed by atoms with Gasteiger partial charge in [0.15, 0.2) is 5.16 Å². The molecule has 118 valence electrons. The summed E-state index contributed by atoms with van der Waals surface area (Å²) in [5.41, 5.74) is 2.03. The normalized spacial score (nSPS) is 12.3. The van der Waals surface area contributed by atoms with Crippen molar-refractivity contribution in [2.45, 2.75) is 37.7 Å². The molecule has 1 unspecified atom stereocenters. The Labute approximate surface area is 136 Å². The van der Waals surface area contributed by atoms with Gasteiger partial charge in [0.05, 0.1) is 16.3 Å². The van der Waals surface area contributed by atoms with Crippen LogP contribution >= 0.6 is 11.8 Å². The summed E-state index contributed by atoms with van der Waals surface area (Å²) < 4.78 is 2.11. The molecule has 0 spiro atoms. The van der Waals surface area contributed by atoms with Gasteiger partial charge in [0.2, 0.25) is 5.91 Å². The van der Waals surface area contributed by atoms with Gasteiger partial charge in [0.1, 0.15) is 0 Å². The number of benzene rings is 1. The zero-order valence-corrected chi connectivity index (χ0v) is 14.3. The van der Waals surface area contributed by atoms with Gasteiger partial charge in [-0.3, -0.25) is 4.79 Å². The van der Waals surface area contributed by atoms with Crippen LogP contribution in [0.15, 0.2) is 42.1 Å². The van der Waals surface area contributed by atoms with Crippen molar-refractivity contribution >= 4 is 28.7 Å². The van der Waals surface area contributed by atoms with Crippen LogP contribution < -0.4 is 0 Å². The number of para-hydroxylation sites is 2. The fourth-order valence-corrected chi connectivity index (χ4v) is 3.47. The van der Waals surface area contributed by atoms with Crippen LogP contribution in [0.3, 0.4) is 0 Å². The summed E-state index contributed by atoms with van der Waals surface area (Å²) >= 11 is 1.52. The van der Waals surface area contributed by atoms with E-state index in [0.717, 1.165) is 29.3 Å². The maximum atomic E-state index is 12.4. The highest BCUT2D eigenvalue weighted by molar-refractivity contribution is 8.00. The lowest BCUT2D eigenvalue weighted by atomic mass is 10.3. The standard InChI is InChI=1S/C17H23N3OS/c1-5-12-20-15-11-9-8-10-14(15)18-17(20)22-13(4)16(21)19(6-2)7-3/h5,8-11,13H,1,6-7,12H2,2-4H3. The molecular weight excluding hydrogens is 294 g/mol. The molecule has 0 aliphatic rings. The molecular formula is C17H23N3OS. The molecule has 22 heavy (non-hydrogen) atoms. The van der Waals surface area contributed by atoms with Crippen molar-refractivity contribution in [2.24, 2.45) is 0 Å². The minimum Gasteiger partial charge on any atom is -0.342 e. The molecule has 4 nitrogen and oxygen atoms in total. The predicted molar refractivity (Wildman–Crippen MR) is 93.2 cm³/mol. The van der Waals surface area contributed by atoms with Gasteiger partial charge < -0.3 is 9.47 Å². The first-order valence-corrected chi connectivity index (χ1v) is 8.51. The number of imidazole rings is 1. The SMILES string of the molecule is C=CCn1c(SC(C)C(=O)N(CC)CC)nc2ccccc21. The highest BCUT2D eigenvalue weighted by Crippen LogP contribution is 2.28. The molecule has 0 saturated heterocycles. The van der Waals surface area contributed by atoms with Gasteiger partial charge in [-0.25, -0.2) is 4.98 Å². The van der Waals surface area contributed by atoms with E-state index in [1.165, 1.54) is 11.8 Å². The van der Waals surface area contributed by atoms with E-state index in [-0.39, 0.29) is 11.2 Å². The van der Waals surface area contributed by atoms with Crippen LogP contribution in [0.1, 0.15) is 20.8 Å². The molecule has 0 fully saturated rings. The van der Waals surface area contributed by atoms with Gasteiger partial charge in [-0.15, -0.1) is 6.58 Å². The lowest BCUT2D eigenvalue weighted by Gasteiger charge is -2.22. The molecule has 0 bridgehead atoms. The summed E-state index contributed by atoms with van der Waals surface area (Å²) in [5, 5.41) is 0.717. The van der Waals surface area contributed by atoms with Crippen molar-refractivity contribution in [2.75, 3.05) is 13.1 Å². The van der Waals surface area contributed by atoms with Crippen molar-refractivity contribution in [3.05, 3.63) is 36.9 Å². The molecule has 5 heteroatoms. The van der Waals surface area contributed by atoms with E-state index < -0.39 is 0 Å². The monoisotopic (exact) mass is 317 g/mol. The number of aromatic nitrogens is 2. The van der Waals surface area contributed by atoms with Gasteiger partial charge in [-0.05, 0) is 32.9 Å². The second-order valence-electron chi connectivity index (χ2n) is 5.05. The Morgan fingerprint density at radius 3 is 2.73 bits per heavy atom. The number of carbonyl (C=O) groups is 1. The summed E-state index contributed by atoms with van der Waals surface area (Å²) in [6.45, 7) is 11.9. The number of thioether (sulfide) groups is 1. The number of nitrogens with zero attached hydrogens (tertiary/aromatic N) is 3. The van der Waals surface area contributed by atoms with E-state index in [1.54, 1.807) is 0 Å². The minimum atomic E-state index is -0.153. The molecule has 1 amide bonds. The topological polar surface area (TPSA) is 38.1 Å². The predicted octanol–water partition coefficient (Wildman–Crippen LogP) is 3.57. The summed E-state index contributed by atoms with van der Waals surface area (Å²) in [4.78, 5) is 19.0. The van der Waals surface area contributed by atoms with Crippen LogP contribution in [0, 0.1) is 0 Å². The van der Waals surface area contributed by atoms with E-state index in [9.17, 15) is 4.79 Å². The third-order valence-corrected chi connectivity index (χ3v) is 4.71. The lowest BCUT2D eigenvalue weighted by Crippen LogP contribution is -2.36. The lowest BCUT2D eigenvalue weighted by molar-refractivity contribution is -0.129. The van der Waals surface area contributed by atoms with Crippen LogP contribution in [0.2, 0.25) is 0 Å². The number of carbonyl (C=O) groups excluding carboxylic acids is 1. The van der Waals surface area contributed by atoms with Crippen LogP contribution in [-0.2, 0) is 11.3 Å². The highest BCUT2D eigenvalue weighted by Gasteiger charge is 2.22. The molecule has 0 radical (unpaired) electrons. The van der Waals surface area contributed by atoms with Gasteiger partial charge in [0, 0.05) is 19.6 Å². The molecule has 0 N–H and O–H groups in total. The largest absolute Gasteiger partial charge is 0.342 e. The summed E-state index contributed by atoms with van der Waals surface area (Å²) in [6.07, 6.45) is 1.86. The third-order valence-electron chi connectivity index (χ3n) is 3.64. The van der Waals surface area contributed by atoms with Crippen LogP contribution in [0.25, 0.3) is 11.0 Å². The molecule has 1 aromatic heterocycles. The van der Waals surface area contributed by atoms with E-state index in [4.69, 9.17) is 0 Å². The van der Waals surface area contributed by atoms with E-state index >= 15 is 0 Å². The van der Waals surface area contributed by atoms with Gasteiger partial charge in [-0.1, -0.05) is 30.0 Å². The van der Waals surface area contributed by atoms with Gasteiger partial charge >= 0.3 is 0 Å². The third kappa shape index (κ3) is 3.35. The smallest absolute Gasteiger partial charge is 0.235 e. The number of allylic oxidation sites excluding steroid dienone is 1. The average Bonchev–Trinajstić information content (AvgIpc) is 2.86. The van der Waals surface area contributed by atoms with Crippen LogP contribution in [0.5, 0.6) is 0 Å². The number of rotatable bonds is 7. The first-order chi connectivity index (χ1) is 10.6. The van der Waals surface area contributed by atoms with Crippen molar-refractivity contribution in [1.29, 1.82) is 0 Å². The Morgan fingerprint density at radius 2 is 2.09 bits per heavy atom. The Balaban J connectivity index is 2.28. The molecule has 2 rings (SSSR count). The number of hydrogen-bond donors (Lipinski definition) is 0. The zero-order valence-electron chi connectivity index (χ0n) is 13.5. The molecule has 2 aromatic rings. The first-order valence-electron chi connectivity index (χ1n) is 7.63. The molecule has 1 heterocycles. The fourth-order valence-electron chi connectivity index (χ4n) is 2.45. The second-order valence-corrected chi connectivity index (χ2v) is 6.36. The fraction of sp³-hybridized carbons (Fsp3) is 0.412. The molecule has 0 aliphatic heterocycles. The van der Waals surface area contributed by atoms with Crippen LogP contribution in [0.4, 0.5) is 0 Å². The Bertz CT molecular complexity index is 661. The molecule has 0 aliphatic carbocycles. The second kappa shape index (κ2) is 7.49. The molecule has 1 atom stereocenters. The highest BCUT2D eigenvalue weighted by atomic mass is 32.2. The summed E-state index contributed by atoms with van der Waals surface area (Å²) in [5.74, 6) is 0.159. The number of fused-ring (bicyclic) bond motifs is 1. The van der Waals surface area contributed by atoms with Crippen molar-refractivity contribution in [3.8, 4) is 0 Å². The minimum absolute atomic E-state index is 0.153. The van der Waals surface area contributed by atoms with Gasteiger partial charge in [-0.2, -0.15) is 0 Å². The first kappa shape index (κ1) is 16.6. The van der Waals surface area contributed by atoms with E-state index in [0.29, 0.717) is 6.54 Å². The molecule has 0 saturated carbocycles. The maximum absolute atomic E-state index is 12.4.